The Hall–Kier alpha value is -1.97. The average molecular weight is 337 g/mol. The van der Waals surface area contributed by atoms with Gasteiger partial charge in [-0.3, -0.25) is 4.79 Å². The monoisotopic (exact) mass is 336 g/mol. The van der Waals surface area contributed by atoms with Crippen molar-refractivity contribution in [1.82, 2.24) is 0 Å². The molecule has 0 heterocycles. The maximum Gasteiger partial charge on any atom is 0.185 e. The molecule has 22 heavy (non-hydrogen) atoms. The number of carbonyl (C=O) groups excluding carboxylic acids is 1. The summed E-state index contributed by atoms with van der Waals surface area (Å²) in [6.07, 6.45) is 3.14. The van der Waals surface area contributed by atoms with Crippen molar-refractivity contribution in [2.45, 2.75) is 0 Å². The van der Waals surface area contributed by atoms with Crippen LogP contribution in [-0.2, 0) is 0 Å². The number of ether oxygens (including phenoxy) is 2. The summed E-state index contributed by atoms with van der Waals surface area (Å²) in [5, 5.41) is 1.01. The van der Waals surface area contributed by atoms with E-state index in [-0.39, 0.29) is 5.78 Å². The Bertz CT molecular complexity index is 707. The van der Waals surface area contributed by atoms with Gasteiger partial charge in [-0.1, -0.05) is 29.3 Å². The first-order chi connectivity index (χ1) is 10.5. The summed E-state index contributed by atoms with van der Waals surface area (Å²) in [5.74, 6) is 0.849. The van der Waals surface area contributed by atoms with Gasteiger partial charge in [-0.2, -0.15) is 0 Å². The molecule has 0 saturated heterocycles. The van der Waals surface area contributed by atoms with Crippen LogP contribution in [0.1, 0.15) is 15.9 Å². The summed E-state index contributed by atoms with van der Waals surface area (Å²) in [6.45, 7) is 0. The SMILES string of the molecule is COc1cc(/C=C/C(=O)c2ccc(Cl)cc2)cc(Cl)c1OC. The topological polar surface area (TPSA) is 35.5 Å². The van der Waals surface area contributed by atoms with Crippen LogP contribution in [0, 0.1) is 0 Å². The van der Waals surface area contributed by atoms with Crippen LogP contribution >= 0.6 is 23.2 Å². The Morgan fingerprint density at radius 1 is 1.05 bits per heavy atom. The van der Waals surface area contributed by atoms with Crippen LogP contribution in [0.25, 0.3) is 6.08 Å². The van der Waals surface area contributed by atoms with Crippen molar-refractivity contribution >= 4 is 35.1 Å². The number of hydrogen-bond donors (Lipinski definition) is 0. The van der Waals surface area contributed by atoms with Gasteiger partial charge in [0, 0.05) is 10.6 Å². The minimum atomic E-state index is -0.123. The molecule has 0 aliphatic heterocycles. The van der Waals surface area contributed by atoms with Crippen molar-refractivity contribution in [3.8, 4) is 11.5 Å². The highest BCUT2D eigenvalue weighted by molar-refractivity contribution is 6.32. The molecule has 0 fully saturated rings. The van der Waals surface area contributed by atoms with Gasteiger partial charge >= 0.3 is 0 Å². The minimum absolute atomic E-state index is 0.123. The van der Waals surface area contributed by atoms with Gasteiger partial charge in [-0.25, -0.2) is 0 Å². The van der Waals surface area contributed by atoms with Crippen molar-refractivity contribution in [1.29, 1.82) is 0 Å². The Morgan fingerprint density at radius 2 is 1.73 bits per heavy atom. The van der Waals surface area contributed by atoms with Crippen molar-refractivity contribution in [2.24, 2.45) is 0 Å². The van der Waals surface area contributed by atoms with Crippen LogP contribution in [0.2, 0.25) is 10.0 Å². The summed E-state index contributed by atoms with van der Waals surface area (Å²) in [5.41, 5.74) is 1.30. The number of ketones is 1. The second kappa shape index (κ2) is 7.34. The molecule has 3 nitrogen and oxygen atoms in total. The fourth-order valence-electron chi connectivity index (χ4n) is 1.92. The van der Waals surface area contributed by atoms with Gasteiger partial charge in [-0.05, 0) is 48.0 Å². The zero-order chi connectivity index (χ0) is 16.1. The Kier molecular flexibility index (Phi) is 5.47. The second-order valence-electron chi connectivity index (χ2n) is 4.44. The lowest BCUT2D eigenvalue weighted by atomic mass is 10.1. The van der Waals surface area contributed by atoms with Gasteiger partial charge in [0.15, 0.2) is 17.3 Å². The number of hydrogen-bond acceptors (Lipinski definition) is 3. The summed E-state index contributed by atoms with van der Waals surface area (Å²) in [4.78, 5) is 12.1. The molecule has 0 bridgehead atoms. The van der Waals surface area contributed by atoms with E-state index >= 15 is 0 Å². The van der Waals surface area contributed by atoms with E-state index in [0.29, 0.717) is 27.1 Å². The van der Waals surface area contributed by atoms with Gasteiger partial charge in [0.2, 0.25) is 0 Å². The van der Waals surface area contributed by atoms with Crippen LogP contribution < -0.4 is 9.47 Å². The summed E-state index contributed by atoms with van der Waals surface area (Å²) in [6, 6.07) is 10.2. The Labute approximate surface area is 139 Å². The summed E-state index contributed by atoms with van der Waals surface area (Å²) in [7, 11) is 3.05. The number of methoxy groups -OCH3 is 2. The molecule has 0 unspecified atom stereocenters. The molecular weight excluding hydrogens is 323 g/mol. The molecule has 5 heteroatoms. The van der Waals surface area contributed by atoms with E-state index in [1.54, 1.807) is 42.5 Å². The highest BCUT2D eigenvalue weighted by Gasteiger charge is 2.10. The molecule has 0 aliphatic carbocycles. The van der Waals surface area contributed by atoms with E-state index in [0.717, 1.165) is 5.56 Å². The molecular formula is C17H14Cl2O3. The Balaban J connectivity index is 2.24. The fourth-order valence-corrected chi connectivity index (χ4v) is 2.34. The number of benzene rings is 2. The highest BCUT2D eigenvalue weighted by atomic mass is 35.5. The van der Waals surface area contributed by atoms with E-state index in [1.165, 1.54) is 20.3 Å². The van der Waals surface area contributed by atoms with Crippen molar-refractivity contribution in [2.75, 3.05) is 14.2 Å². The van der Waals surface area contributed by atoms with Crippen LogP contribution in [0.3, 0.4) is 0 Å². The first kappa shape index (κ1) is 16.4. The molecule has 2 aromatic carbocycles. The number of rotatable bonds is 5. The zero-order valence-corrected chi connectivity index (χ0v) is 13.6. The molecule has 0 spiro atoms. The standard InChI is InChI=1S/C17H14Cl2O3/c1-21-16-10-11(9-14(19)17(16)22-2)3-8-15(20)12-4-6-13(18)7-5-12/h3-10H,1-2H3/b8-3+. The lowest BCUT2D eigenvalue weighted by Gasteiger charge is -2.10. The highest BCUT2D eigenvalue weighted by Crippen LogP contribution is 2.36. The van der Waals surface area contributed by atoms with Crippen molar-refractivity contribution in [3.05, 3.63) is 63.6 Å². The molecule has 2 rings (SSSR count). The third-order valence-corrected chi connectivity index (χ3v) is 3.54. The lowest BCUT2D eigenvalue weighted by Crippen LogP contribution is -1.94. The fraction of sp³-hybridized carbons (Fsp3) is 0.118. The quantitative estimate of drug-likeness (QED) is 0.575. The maximum atomic E-state index is 12.1. The van der Waals surface area contributed by atoms with Crippen LogP contribution in [0.5, 0.6) is 11.5 Å². The molecule has 114 valence electrons. The molecule has 2 aromatic rings. The van der Waals surface area contributed by atoms with Gasteiger partial charge in [0.05, 0.1) is 19.2 Å². The van der Waals surface area contributed by atoms with E-state index in [1.807, 2.05) is 0 Å². The van der Waals surface area contributed by atoms with E-state index in [4.69, 9.17) is 32.7 Å². The van der Waals surface area contributed by atoms with E-state index in [2.05, 4.69) is 0 Å². The maximum absolute atomic E-state index is 12.1. The van der Waals surface area contributed by atoms with E-state index in [9.17, 15) is 4.79 Å². The first-order valence-electron chi connectivity index (χ1n) is 6.44. The van der Waals surface area contributed by atoms with Gasteiger partial charge < -0.3 is 9.47 Å². The number of carbonyl (C=O) groups is 1. The third-order valence-electron chi connectivity index (χ3n) is 3.01. The van der Waals surface area contributed by atoms with Crippen LogP contribution in [0.4, 0.5) is 0 Å². The predicted octanol–water partition coefficient (Wildman–Crippen LogP) is 4.91. The third kappa shape index (κ3) is 3.81. The number of allylic oxidation sites excluding steroid dienone is 1. The van der Waals surface area contributed by atoms with Crippen LogP contribution in [-0.4, -0.2) is 20.0 Å². The molecule has 0 aliphatic rings. The minimum Gasteiger partial charge on any atom is -0.493 e. The average Bonchev–Trinajstić information content (AvgIpc) is 2.52. The zero-order valence-electron chi connectivity index (χ0n) is 12.1. The molecule has 0 saturated carbocycles. The van der Waals surface area contributed by atoms with Gasteiger partial charge in [0.1, 0.15) is 0 Å². The molecule has 0 amide bonds. The second-order valence-corrected chi connectivity index (χ2v) is 5.29. The van der Waals surface area contributed by atoms with E-state index < -0.39 is 0 Å². The molecule has 0 N–H and O–H groups in total. The van der Waals surface area contributed by atoms with Gasteiger partial charge in [0.25, 0.3) is 0 Å². The van der Waals surface area contributed by atoms with Crippen molar-refractivity contribution in [3.63, 3.8) is 0 Å². The smallest absolute Gasteiger partial charge is 0.185 e. The largest absolute Gasteiger partial charge is 0.493 e. The normalized spacial score (nSPS) is 10.7. The molecule has 0 atom stereocenters. The first-order valence-corrected chi connectivity index (χ1v) is 7.20. The Morgan fingerprint density at radius 3 is 2.32 bits per heavy atom. The van der Waals surface area contributed by atoms with Crippen molar-refractivity contribution < 1.29 is 14.3 Å². The van der Waals surface area contributed by atoms with Gasteiger partial charge in [-0.15, -0.1) is 0 Å². The summed E-state index contributed by atoms with van der Waals surface area (Å²) < 4.78 is 10.4. The van der Waals surface area contributed by atoms with Crippen LogP contribution in [0.15, 0.2) is 42.5 Å². The molecule has 0 radical (unpaired) electrons. The predicted molar refractivity (Wildman–Crippen MR) is 89.4 cm³/mol. The summed E-state index contributed by atoms with van der Waals surface area (Å²) >= 11 is 11.9. The number of halogens is 2. The lowest BCUT2D eigenvalue weighted by molar-refractivity contribution is 0.104. The molecule has 0 aromatic heterocycles.